The summed E-state index contributed by atoms with van der Waals surface area (Å²) in [5.41, 5.74) is 2.36. The van der Waals surface area contributed by atoms with E-state index < -0.39 is 0 Å². The molecule has 4 heterocycles. The number of nitrogens with one attached hydrogen (secondary N) is 1. The molecule has 0 radical (unpaired) electrons. The van der Waals surface area contributed by atoms with Crippen LogP contribution in [-0.4, -0.2) is 78.9 Å². The highest BCUT2D eigenvalue weighted by atomic mass is 16.5. The molecule has 3 amide bonds. The Morgan fingerprint density at radius 2 is 1.92 bits per heavy atom. The summed E-state index contributed by atoms with van der Waals surface area (Å²) in [6.07, 6.45) is 8.01. The molecule has 1 aromatic carbocycles. The molecular weight excluding hydrogens is 500 g/mol. The fraction of sp³-hybridized carbons (Fsp3) is 0.586. The monoisotopic (exact) mass is 538 g/mol. The highest BCUT2D eigenvalue weighted by molar-refractivity contribution is 5.92. The molecule has 4 bridgehead atoms. The Kier molecular flexibility index (Phi) is 8.38. The zero-order valence-electron chi connectivity index (χ0n) is 22.8. The number of oxazole rings is 1. The molecule has 2 fully saturated rings. The van der Waals surface area contributed by atoms with Crippen molar-refractivity contribution in [2.45, 2.75) is 57.4 Å². The molecule has 0 saturated carbocycles. The number of aryl methyl sites for hydroxylation is 2. The van der Waals surface area contributed by atoms with Crippen molar-refractivity contribution >= 4 is 17.7 Å². The van der Waals surface area contributed by atoms with Crippen LogP contribution < -0.4 is 14.8 Å². The van der Waals surface area contributed by atoms with E-state index in [0.29, 0.717) is 69.1 Å². The normalized spacial score (nSPS) is 24.5. The van der Waals surface area contributed by atoms with Gasteiger partial charge in [0, 0.05) is 45.1 Å². The van der Waals surface area contributed by atoms with E-state index in [1.54, 1.807) is 14.2 Å². The van der Waals surface area contributed by atoms with Crippen LogP contribution in [0.3, 0.4) is 0 Å². The Morgan fingerprint density at radius 1 is 1.05 bits per heavy atom. The van der Waals surface area contributed by atoms with Gasteiger partial charge in [-0.3, -0.25) is 14.4 Å². The lowest BCUT2D eigenvalue weighted by Gasteiger charge is -2.51. The third-order valence-corrected chi connectivity index (χ3v) is 8.32. The molecule has 0 spiro atoms. The predicted octanol–water partition coefficient (Wildman–Crippen LogP) is 2.85. The number of nitrogens with zero attached hydrogens (tertiary/aromatic N) is 3. The van der Waals surface area contributed by atoms with Gasteiger partial charge in [0.2, 0.25) is 11.8 Å². The molecule has 1 N–H and O–H groups in total. The van der Waals surface area contributed by atoms with E-state index in [1.807, 2.05) is 15.9 Å². The molecule has 0 aliphatic carbocycles. The van der Waals surface area contributed by atoms with E-state index in [2.05, 4.69) is 16.4 Å². The third kappa shape index (κ3) is 6.04. The molecule has 39 heavy (non-hydrogen) atoms. The maximum atomic E-state index is 13.7. The van der Waals surface area contributed by atoms with Gasteiger partial charge in [0.25, 0.3) is 5.91 Å². The number of rotatable bonds is 3. The predicted molar refractivity (Wildman–Crippen MR) is 143 cm³/mol. The number of carbonyl (C=O) groups is 3. The minimum absolute atomic E-state index is 0.0108. The molecule has 5 rings (SSSR count). The Balaban J connectivity index is 1.37. The van der Waals surface area contributed by atoms with Crippen molar-refractivity contribution in [3.05, 3.63) is 41.6 Å². The summed E-state index contributed by atoms with van der Waals surface area (Å²) in [5.74, 6) is 1.75. The first kappa shape index (κ1) is 27.0. The topological polar surface area (TPSA) is 114 Å². The molecule has 10 nitrogen and oxygen atoms in total. The number of piperidine rings is 2. The maximum absolute atomic E-state index is 13.7. The minimum Gasteiger partial charge on any atom is -0.493 e. The zero-order chi connectivity index (χ0) is 27.4. The van der Waals surface area contributed by atoms with Crippen LogP contribution in [0.4, 0.5) is 0 Å². The second-order valence-electron chi connectivity index (χ2n) is 10.9. The first-order valence-electron chi connectivity index (χ1n) is 13.9. The molecule has 2 saturated heterocycles. The van der Waals surface area contributed by atoms with E-state index in [4.69, 9.17) is 13.9 Å². The number of fused-ring (bicyclic) bond motifs is 6. The van der Waals surface area contributed by atoms with Crippen LogP contribution in [0.15, 0.2) is 29.2 Å². The fourth-order valence-corrected chi connectivity index (χ4v) is 6.55. The van der Waals surface area contributed by atoms with Gasteiger partial charge in [0.05, 0.1) is 14.2 Å². The molecular formula is C29H38N4O6. The van der Waals surface area contributed by atoms with Gasteiger partial charge in [-0.1, -0.05) is 6.07 Å². The van der Waals surface area contributed by atoms with Crippen LogP contribution in [0, 0.1) is 11.8 Å². The largest absolute Gasteiger partial charge is 0.493 e. The molecule has 3 aliphatic heterocycles. The fourth-order valence-electron chi connectivity index (χ4n) is 6.55. The van der Waals surface area contributed by atoms with E-state index >= 15 is 0 Å². The van der Waals surface area contributed by atoms with Gasteiger partial charge >= 0.3 is 0 Å². The lowest BCUT2D eigenvalue weighted by atomic mass is 9.77. The highest BCUT2D eigenvalue weighted by Crippen LogP contribution is 2.37. The lowest BCUT2D eigenvalue weighted by molar-refractivity contribution is -0.140. The van der Waals surface area contributed by atoms with Crippen LogP contribution in [0.2, 0.25) is 0 Å². The standard InChI is InChI=1S/C29H38N4O6/c1-37-25-13-19-8-9-27(35)33-15-20-12-22(16-32(14-20)29(36)23-17-39-18-31-23)24(33)6-3-7-26(34)30-10-4-5-21(11-19)28(25)38-2/h11,13,17-18,20,22,24H,3-10,12,14-16H2,1-2H3,(H,30,34)/t20-,22-,24-/m0/s1. The summed E-state index contributed by atoms with van der Waals surface area (Å²) >= 11 is 0. The maximum Gasteiger partial charge on any atom is 0.275 e. The van der Waals surface area contributed by atoms with Gasteiger partial charge in [-0.05, 0) is 67.6 Å². The lowest BCUT2D eigenvalue weighted by Crippen LogP contribution is -2.60. The van der Waals surface area contributed by atoms with Gasteiger partial charge in [0.1, 0.15) is 6.26 Å². The SMILES string of the molecule is COc1cc2cc(c1OC)CCCNC(=O)CCC[C@H]1[C@H]3C[C@@H](CN(C(=O)c4cocn4)C3)CN1C(=O)CC2. The third-order valence-electron chi connectivity index (χ3n) is 8.32. The van der Waals surface area contributed by atoms with E-state index in [0.717, 1.165) is 36.8 Å². The Morgan fingerprint density at radius 3 is 2.69 bits per heavy atom. The number of methoxy groups -OCH3 is 2. The summed E-state index contributed by atoms with van der Waals surface area (Å²) in [6, 6.07) is 4.04. The number of benzene rings is 1. The van der Waals surface area contributed by atoms with Crippen LogP contribution in [0.5, 0.6) is 11.5 Å². The summed E-state index contributed by atoms with van der Waals surface area (Å²) in [5, 5.41) is 3.04. The first-order chi connectivity index (χ1) is 19.0. The summed E-state index contributed by atoms with van der Waals surface area (Å²) < 4.78 is 16.3. The van der Waals surface area contributed by atoms with Crippen LogP contribution >= 0.6 is 0 Å². The molecule has 0 unspecified atom stereocenters. The molecule has 3 atom stereocenters. The Labute approximate surface area is 229 Å². The number of hydrogen-bond acceptors (Lipinski definition) is 7. The molecule has 1 aromatic heterocycles. The molecule has 2 aromatic rings. The Bertz CT molecular complexity index is 1180. The van der Waals surface area contributed by atoms with Gasteiger partial charge < -0.3 is 29.0 Å². The van der Waals surface area contributed by atoms with Crippen molar-refractivity contribution < 1.29 is 28.3 Å². The van der Waals surface area contributed by atoms with Crippen molar-refractivity contribution in [2.75, 3.05) is 40.4 Å². The summed E-state index contributed by atoms with van der Waals surface area (Å²) in [7, 11) is 3.25. The minimum atomic E-state index is -0.130. The Hall–Kier alpha value is -3.56. The number of likely N-dealkylation sites (tertiary alicyclic amines) is 1. The summed E-state index contributed by atoms with van der Waals surface area (Å²) in [4.78, 5) is 47.2. The first-order valence-corrected chi connectivity index (χ1v) is 13.9. The molecule has 210 valence electrons. The van der Waals surface area contributed by atoms with Crippen molar-refractivity contribution in [3.63, 3.8) is 0 Å². The van der Waals surface area contributed by atoms with Gasteiger partial charge in [-0.25, -0.2) is 4.98 Å². The van der Waals surface area contributed by atoms with E-state index in [-0.39, 0.29) is 35.6 Å². The van der Waals surface area contributed by atoms with Crippen molar-refractivity contribution in [2.24, 2.45) is 11.8 Å². The quantitative estimate of drug-likeness (QED) is 0.639. The highest BCUT2D eigenvalue weighted by Gasteiger charge is 2.43. The van der Waals surface area contributed by atoms with E-state index in [9.17, 15) is 14.4 Å². The zero-order valence-corrected chi connectivity index (χ0v) is 22.8. The van der Waals surface area contributed by atoms with Gasteiger partial charge in [-0.2, -0.15) is 0 Å². The number of carbonyl (C=O) groups excluding carboxylic acids is 3. The summed E-state index contributed by atoms with van der Waals surface area (Å²) in [6.45, 7) is 2.37. The number of hydrogen-bond donors (Lipinski definition) is 1. The average molecular weight is 539 g/mol. The number of aromatic nitrogens is 1. The second-order valence-corrected chi connectivity index (χ2v) is 10.9. The van der Waals surface area contributed by atoms with Gasteiger partial charge in [-0.15, -0.1) is 0 Å². The number of ether oxygens (including phenoxy) is 2. The van der Waals surface area contributed by atoms with Crippen molar-refractivity contribution in [1.29, 1.82) is 0 Å². The number of amides is 3. The average Bonchev–Trinajstić information content (AvgIpc) is 3.48. The van der Waals surface area contributed by atoms with Crippen molar-refractivity contribution in [3.8, 4) is 11.5 Å². The van der Waals surface area contributed by atoms with Crippen molar-refractivity contribution in [1.82, 2.24) is 20.1 Å². The van der Waals surface area contributed by atoms with Crippen LogP contribution in [-0.2, 0) is 22.4 Å². The molecule has 10 heteroatoms. The van der Waals surface area contributed by atoms with E-state index in [1.165, 1.54) is 12.7 Å². The second kappa shape index (κ2) is 12.1. The van der Waals surface area contributed by atoms with Gasteiger partial charge in [0.15, 0.2) is 23.6 Å². The smallest absolute Gasteiger partial charge is 0.275 e. The molecule has 3 aliphatic rings. The van der Waals surface area contributed by atoms with Crippen LogP contribution in [0.1, 0.15) is 60.1 Å². The van der Waals surface area contributed by atoms with Crippen LogP contribution in [0.25, 0.3) is 0 Å².